The van der Waals surface area contributed by atoms with Gasteiger partial charge in [0.15, 0.2) is 0 Å². The number of imide groups is 1. The maximum atomic E-state index is 11.6. The summed E-state index contributed by atoms with van der Waals surface area (Å²) in [6.45, 7) is 0. The van der Waals surface area contributed by atoms with E-state index in [0.717, 1.165) is 0 Å². The van der Waals surface area contributed by atoms with Gasteiger partial charge in [-0.05, 0) is 12.1 Å². The average molecular weight is 235 g/mol. The fraction of sp³-hybridized carbons (Fsp3) is 0.200. The van der Waals surface area contributed by atoms with Crippen molar-refractivity contribution in [2.45, 2.75) is 12.8 Å². The van der Waals surface area contributed by atoms with Crippen LogP contribution in [0.4, 0.5) is 5.82 Å². The van der Waals surface area contributed by atoms with Crippen LogP contribution in [0.3, 0.4) is 0 Å². The highest BCUT2D eigenvalue weighted by Crippen LogP contribution is 2.14. The van der Waals surface area contributed by atoms with Crippen molar-refractivity contribution in [2.75, 3.05) is 5.73 Å². The summed E-state index contributed by atoms with van der Waals surface area (Å²) in [4.78, 5) is 42.3. The summed E-state index contributed by atoms with van der Waals surface area (Å²) >= 11 is 0. The summed E-state index contributed by atoms with van der Waals surface area (Å²) in [6, 6.07) is 2.82. The van der Waals surface area contributed by atoms with E-state index in [1.165, 1.54) is 18.3 Å². The highest BCUT2D eigenvalue weighted by Gasteiger charge is 2.33. The maximum Gasteiger partial charge on any atom is 0.365 e. The normalized spacial score (nSPS) is 15.2. The number of hydrogen-bond acceptors (Lipinski definition) is 6. The highest BCUT2D eigenvalue weighted by molar-refractivity contribution is 6.02. The molecule has 1 aromatic rings. The molecule has 0 aliphatic carbocycles. The third-order valence-corrected chi connectivity index (χ3v) is 2.20. The van der Waals surface area contributed by atoms with Gasteiger partial charge < -0.3 is 10.6 Å². The molecule has 0 radical (unpaired) electrons. The van der Waals surface area contributed by atoms with Gasteiger partial charge in [-0.2, -0.15) is 0 Å². The maximum absolute atomic E-state index is 11.6. The van der Waals surface area contributed by atoms with Crippen LogP contribution in [0.2, 0.25) is 0 Å². The van der Waals surface area contributed by atoms with Gasteiger partial charge in [0.1, 0.15) is 5.82 Å². The summed E-state index contributed by atoms with van der Waals surface area (Å²) in [5, 5.41) is 0.485. The Kier molecular flexibility index (Phi) is 2.73. The molecule has 0 saturated carbocycles. The second kappa shape index (κ2) is 4.20. The molecule has 0 aromatic carbocycles. The lowest BCUT2D eigenvalue weighted by Gasteiger charge is -2.12. The van der Waals surface area contributed by atoms with Crippen molar-refractivity contribution < 1.29 is 19.2 Å². The van der Waals surface area contributed by atoms with Gasteiger partial charge in [0.05, 0.1) is 5.56 Å². The molecule has 1 aromatic heterocycles. The van der Waals surface area contributed by atoms with Crippen molar-refractivity contribution >= 4 is 23.6 Å². The van der Waals surface area contributed by atoms with Crippen LogP contribution in [0, 0.1) is 0 Å². The van der Waals surface area contributed by atoms with Gasteiger partial charge in [-0.1, -0.05) is 0 Å². The number of hydrogen-bond donors (Lipinski definition) is 1. The molecular formula is C10H9N3O4. The third kappa shape index (κ3) is 2.22. The Morgan fingerprint density at radius 3 is 2.47 bits per heavy atom. The van der Waals surface area contributed by atoms with Gasteiger partial charge in [-0.3, -0.25) is 9.59 Å². The summed E-state index contributed by atoms with van der Waals surface area (Å²) in [7, 11) is 0. The van der Waals surface area contributed by atoms with E-state index in [0.29, 0.717) is 5.06 Å². The SMILES string of the molecule is Nc1ccc(C(=O)ON2C(=O)CCC2=O)cn1. The van der Waals surface area contributed by atoms with Gasteiger partial charge in [-0.15, -0.1) is 5.06 Å². The van der Waals surface area contributed by atoms with E-state index in [2.05, 4.69) is 9.82 Å². The van der Waals surface area contributed by atoms with E-state index in [9.17, 15) is 14.4 Å². The summed E-state index contributed by atoms with van der Waals surface area (Å²) in [5.41, 5.74) is 5.47. The predicted octanol–water partition coefficient (Wildman–Crippen LogP) is -0.115. The monoisotopic (exact) mass is 235 g/mol. The Bertz CT molecular complexity index is 467. The molecule has 88 valence electrons. The number of amides is 2. The Labute approximate surface area is 96.1 Å². The van der Waals surface area contributed by atoms with Crippen LogP contribution in [0.5, 0.6) is 0 Å². The van der Waals surface area contributed by atoms with E-state index in [1.54, 1.807) is 0 Å². The van der Waals surface area contributed by atoms with E-state index < -0.39 is 17.8 Å². The first-order valence-corrected chi connectivity index (χ1v) is 4.87. The number of nitrogen functional groups attached to an aromatic ring is 1. The number of nitrogens with two attached hydrogens (primary N) is 1. The van der Waals surface area contributed by atoms with Crippen molar-refractivity contribution in [3.63, 3.8) is 0 Å². The fourth-order valence-electron chi connectivity index (χ4n) is 1.32. The molecular weight excluding hydrogens is 226 g/mol. The smallest absolute Gasteiger partial charge is 0.365 e. The van der Waals surface area contributed by atoms with Crippen LogP contribution >= 0.6 is 0 Å². The minimum absolute atomic E-state index is 0.0616. The Hall–Kier alpha value is -2.44. The first-order valence-electron chi connectivity index (χ1n) is 4.87. The number of anilines is 1. The lowest BCUT2D eigenvalue weighted by Crippen LogP contribution is -2.32. The molecule has 7 heteroatoms. The minimum Gasteiger partial charge on any atom is -0.384 e. The topological polar surface area (TPSA) is 103 Å². The van der Waals surface area contributed by atoms with Gasteiger partial charge in [0.2, 0.25) is 0 Å². The van der Waals surface area contributed by atoms with Crippen molar-refractivity contribution in [1.29, 1.82) is 0 Å². The molecule has 0 unspecified atom stereocenters. The van der Waals surface area contributed by atoms with Crippen molar-refractivity contribution in [2.24, 2.45) is 0 Å². The van der Waals surface area contributed by atoms with Crippen LogP contribution in [0.15, 0.2) is 18.3 Å². The van der Waals surface area contributed by atoms with Crippen molar-refractivity contribution in [1.82, 2.24) is 10.0 Å². The first kappa shape index (κ1) is 11.1. The van der Waals surface area contributed by atoms with Gasteiger partial charge in [-0.25, -0.2) is 9.78 Å². The first-order chi connectivity index (χ1) is 8.08. The summed E-state index contributed by atoms with van der Waals surface area (Å²) in [6.07, 6.45) is 1.33. The lowest BCUT2D eigenvalue weighted by molar-refractivity contribution is -0.172. The largest absolute Gasteiger partial charge is 0.384 e. The molecule has 2 amide bonds. The second-order valence-corrected chi connectivity index (χ2v) is 3.43. The number of carbonyl (C=O) groups excluding carboxylic acids is 3. The molecule has 1 saturated heterocycles. The van der Waals surface area contributed by atoms with Crippen LogP contribution in [-0.4, -0.2) is 27.8 Å². The van der Waals surface area contributed by atoms with E-state index in [1.807, 2.05) is 0 Å². The molecule has 2 N–H and O–H groups in total. The van der Waals surface area contributed by atoms with Crippen LogP contribution < -0.4 is 5.73 Å². The Morgan fingerprint density at radius 1 is 1.29 bits per heavy atom. The summed E-state index contributed by atoms with van der Waals surface area (Å²) in [5.74, 6) is -1.60. The van der Waals surface area contributed by atoms with Gasteiger partial charge in [0, 0.05) is 19.0 Å². The zero-order valence-electron chi connectivity index (χ0n) is 8.75. The molecule has 0 atom stereocenters. The molecule has 0 spiro atoms. The number of rotatable bonds is 2. The number of pyridine rings is 1. The Morgan fingerprint density at radius 2 is 1.94 bits per heavy atom. The molecule has 1 fully saturated rings. The number of nitrogens with zero attached hydrogens (tertiary/aromatic N) is 2. The van der Waals surface area contributed by atoms with Gasteiger partial charge in [0.25, 0.3) is 11.8 Å². The molecule has 17 heavy (non-hydrogen) atoms. The molecule has 1 aliphatic heterocycles. The van der Waals surface area contributed by atoms with Gasteiger partial charge >= 0.3 is 5.97 Å². The lowest BCUT2D eigenvalue weighted by atomic mass is 10.3. The highest BCUT2D eigenvalue weighted by atomic mass is 16.7. The number of carbonyl (C=O) groups is 3. The standard InChI is InChI=1S/C10H9N3O4/c11-7-2-1-6(5-12-7)10(16)17-13-8(14)3-4-9(13)15/h1-2,5H,3-4H2,(H2,11,12). The van der Waals surface area contributed by atoms with E-state index in [4.69, 9.17) is 5.73 Å². The van der Waals surface area contributed by atoms with E-state index >= 15 is 0 Å². The molecule has 2 heterocycles. The second-order valence-electron chi connectivity index (χ2n) is 3.43. The zero-order valence-corrected chi connectivity index (χ0v) is 8.75. The number of hydroxylamine groups is 2. The third-order valence-electron chi connectivity index (χ3n) is 2.20. The fourth-order valence-corrected chi connectivity index (χ4v) is 1.32. The van der Waals surface area contributed by atoms with Crippen LogP contribution in [0.1, 0.15) is 23.2 Å². The molecule has 2 rings (SSSR count). The van der Waals surface area contributed by atoms with Crippen LogP contribution in [-0.2, 0) is 14.4 Å². The Balaban J connectivity index is 2.09. The molecule has 1 aliphatic rings. The van der Waals surface area contributed by atoms with Crippen molar-refractivity contribution in [3.05, 3.63) is 23.9 Å². The zero-order chi connectivity index (χ0) is 12.4. The van der Waals surface area contributed by atoms with Crippen molar-refractivity contribution in [3.8, 4) is 0 Å². The molecule has 0 bridgehead atoms. The molecule has 7 nitrogen and oxygen atoms in total. The predicted molar refractivity (Wildman–Crippen MR) is 55.2 cm³/mol. The van der Waals surface area contributed by atoms with E-state index in [-0.39, 0.29) is 24.2 Å². The number of aromatic nitrogens is 1. The summed E-state index contributed by atoms with van der Waals surface area (Å²) < 4.78 is 0. The minimum atomic E-state index is -0.818. The average Bonchev–Trinajstić information content (AvgIpc) is 2.61. The van der Waals surface area contributed by atoms with Crippen LogP contribution in [0.25, 0.3) is 0 Å². The quantitative estimate of drug-likeness (QED) is 0.717.